The van der Waals surface area contributed by atoms with Crippen LogP contribution in [-0.4, -0.2) is 21.2 Å². The Balaban J connectivity index is 2.22. The Morgan fingerprint density at radius 1 is 1.61 bits per heavy atom. The molecule has 0 unspecified atom stereocenters. The zero-order valence-electron chi connectivity index (χ0n) is 9.33. The van der Waals surface area contributed by atoms with Crippen LogP contribution < -0.4 is 5.73 Å². The molecule has 1 atom stereocenters. The number of amides is 1. The molecule has 0 radical (unpaired) electrons. The number of halogens is 1. The van der Waals surface area contributed by atoms with Gasteiger partial charge in [-0.05, 0) is 19.1 Å². The van der Waals surface area contributed by atoms with Crippen molar-refractivity contribution in [3.05, 3.63) is 29.4 Å². The summed E-state index contributed by atoms with van der Waals surface area (Å²) in [5.74, 6) is 0.478. The number of aromatic nitrogens is 3. The van der Waals surface area contributed by atoms with Gasteiger partial charge in [-0.25, -0.2) is 9.78 Å². The first-order chi connectivity index (χ1) is 8.56. The molecule has 0 aliphatic carbocycles. The Labute approximate surface area is 107 Å². The lowest BCUT2D eigenvalue weighted by molar-refractivity contribution is 0.0959. The van der Waals surface area contributed by atoms with Crippen molar-refractivity contribution in [1.82, 2.24) is 15.1 Å². The highest BCUT2D eigenvalue weighted by Gasteiger charge is 2.18. The normalized spacial score (nSPS) is 12.1. The Kier molecular flexibility index (Phi) is 3.42. The predicted molar refractivity (Wildman–Crippen MR) is 61.6 cm³/mol. The van der Waals surface area contributed by atoms with E-state index in [9.17, 15) is 4.79 Å². The third-order valence-corrected chi connectivity index (χ3v) is 2.27. The van der Waals surface area contributed by atoms with Gasteiger partial charge in [0.25, 0.3) is 5.89 Å². The first-order valence-electron chi connectivity index (χ1n) is 4.98. The molecule has 7 nitrogen and oxygen atoms in total. The average Bonchev–Trinajstić information content (AvgIpc) is 2.77. The highest BCUT2D eigenvalue weighted by atomic mass is 35.5. The number of hydrogen-bond acceptors (Lipinski definition) is 6. The zero-order valence-corrected chi connectivity index (χ0v) is 10.1. The molecule has 18 heavy (non-hydrogen) atoms. The summed E-state index contributed by atoms with van der Waals surface area (Å²) in [6, 6.07) is 3.27. The number of primary amides is 1. The van der Waals surface area contributed by atoms with Crippen molar-refractivity contribution in [2.24, 2.45) is 5.73 Å². The zero-order chi connectivity index (χ0) is 13.1. The standard InChI is InChI=1S/C10H9ClN4O3/c1-5(17-10(12)16)9-14-8(15-18-9)6-2-3-13-7(11)4-6/h2-5H,1H3,(H2,12,16)/t5-/m0/s1. The van der Waals surface area contributed by atoms with Crippen LogP contribution in [0.2, 0.25) is 5.15 Å². The van der Waals surface area contributed by atoms with Crippen LogP contribution in [0.5, 0.6) is 0 Å². The van der Waals surface area contributed by atoms with E-state index < -0.39 is 12.2 Å². The van der Waals surface area contributed by atoms with Crippen molar-refractivity contribution >= 4 is 17.7 Å². The van der Waals surface area contributed by atoms with Crippen molar-refractivity contribution in [1.29, 1.82) is 0 Å². The van der Waals surface area contributed by atoms with Gasteiger partial charge < -0.3 is 15.0 Å². The van der Waals surface area contributed by atoms with Gasteiger partial charge in [0.05, 0.1) is 0 Å². The summed E-state index contributed by atoms with van der Waals surface area (Å²) >= 11 is 5.75. The molecule has 2 heterocycles. The van der Waals surface area contributed by atoms with Crippen molar-refractivity contribution in [3.8, 4) is 11.4 Å². The molecule has 0 saturated carbocycles. The van der Waals surface area contributed by atoms with Crippen LogP contribution in [-0.2, 0) is 4.74 Å². The van der Waals surface area contributed by atoms with E-state index in [-0.39, 0.29) is 5.89 Å². The lowest BCUT2D eigenvalue weighted by Gasteiger charge is -2.04. The topological polar surface area (TPSA) is 104 Å². The molecule has 1 amide bonds. The van der Waals surface area contributed by atoms with Gasteiger partial charge in [-0.15, -0.1) is 0 Å². The van der Waals surface area contributed by atoms with E-state index in [0.29, 0.717) is 16.5 Å². The molecule has 0 fully saturated rings. The van der Waals surface area contributed by atoms with Crippen LogP contribution in [0.15, 0.2) is 22.9 Å². The summed E-state index contributed by atoms with van der Waals surface area (Å²) in [6.45, 7) is 1.57. The van der Waals surface area contributed by atoms with Gasteiger partial charge in [-0.1, -0.05) is 16.8 Å². The van der Waals surface area contributed by atoms with Crippen molar-refractivity contribution < 1.29 is 14.1 Å². The molecule has 0 spiro atoms. The Hall–Kier alpha value is -2.15. The summed E-state index contributed by atoms with van der Waals surface area (Å²) in [7, 11) is 0. The van der Waals surface area contributed by atoms with Gasteiger partial charge in [-0.3, -0.25) is 0 Å². The number of carbonyl (C=O) groups excluding carboxylic acids is 1. The molecule has 8 heteroatoms. The summed E-state index contributed by atoms with van der Waals surface area (Å²) in [5, 5.41) is 4.07. The predicted octanol–water partition coefficient (Wildman–Crippen LogP) is 1.94. The average molecular weight is 269 g/mol. The van der Waals surface area contributed by atoms with E-state index in [1.54, 1.807) is 19.1 Å². The second-order valence-corrected chi connectivity index (χ2v) is 3.79. The third-order valence-electron chi connectivity index (χ3n) is 2.07. The van der Waals surface area contributed by atoms with Crippen LogP contribution in [0.1, 0.15) is 18.9 Å². The Bertz CT molecular complexity index is 572. The fourth-order valence-electron chi connectivity index (χ4n) is 1.28. The van der Waals surface area contributed by atoms with E-state index in [1.807, 2.05) is 0 Å². The van der Waals surface area contributed by atoms with Gasteiger partial charge in [0.1, 0.15) is 5.15 Å². The van der Waals surface area contributed by atoms with Crippen LogP contribution in [0.3, 0.4) is 0 Å². The van der Waals surface area contributed by atoms with Crippen LogP contribution in [0.25, 0.3) is 11.4 Å². The minimum absolute atomic E-state index is 0.150. The van der Waals surface area contributed by atoms with E-state index in [2.05, 4.69) is 15.1 Å². The van der Waals surface area contributed by atoms with E-state index in [1.165, 1.54) is 6.20 Å². The first kappa shape index (κ1) is 12.3. The third kappa shape index (κ3) is 2.75. The van der Waals surface area contributed by atoms with Gasteiger partial charge >= 0.3 is 6.09 Å². The van der Waals surface area contributed by atoms with Crippen molar-refractivity contribution in [2.45, 2.75) is 13.0 Å². The Morgan fingerprint density at radius 3 is 3.06 bits per heavy atom. The molecule has 2 aromatic rings. The van der Waals surface area contributed by atoms with Gasteiger partial charge in [-0.2, -0.15) is 4.98 Å². The van der Waals surface area contributed by atoms with Crippen LogP contribution >= 0.6 is 11.6 Å². The highest BCUT2D eigenvalue weighted by Crippen LogP contribution is 2.21. The minimum Gasteiger partial charge on any atom is -0.437 e. The summed E-state index contributed by atoms with van der Waals surface area (Å²) in [5.41, 5.74) is 5.54. The number of rotatable bonds is 3. The second-order valence-electron chi connectivity index (χ2n) is 3.40. The molecular weight excluding hydrogens is 260 g/mol. The summed E-state index contributed by atoms with van der Waals surface area (Å²) in [4.78, 5) is 18.5. The van der Waals surface area contributed by atoms with Gasteiger partial charge in [0, 0.05) is 11.8 Å². The van der Waals surface area contributed by atoms with Gasteiger partial charge in [0.2, 0.25) is 5.82 Å². The Morgan fingerprint density at radius 2 is 2.39 bits per heavy atom. The number of pyridine rings is 1. The maximum Gasteiger partial charge on any atom is 0.405 e. The molecule has 94 valence electrons. The number of ether oxygens (including phenoxy) is 1. The molecular formula is C10H9ClN4O3. The largest absolute Gasteiger partial charge is 0.437 e. The summed E-state index contributed by atoms with van der Waals surface area (Å²) < 4.78 is 9.68. The fourth-order valence-corrected chi connectivity index (χ4v) is 1.46. The fraction of sp³-hybridized carbons (Fsp3) is 0.200. The number of carbonyl (C=O) groups is 1. The summed E-state index contributed by atoms with van der Waals surface area (Å²) in [6.07, 6.45) is -0.0907. The number of hydrogen-bond donors (Lipinski definition) is 1. The maximum atomic E-state index is 10.6. The second kappa shape index (κ2) is 5.01. The lowest BCUT2D eigenvalue weighted by atomic mass is 10.2. The van der Waals surface area contributed by atoms with Crippen LogP contribution in [0.4, 0.5) is 4.79 Å². The van der Waals surface area contributed by atoms with E-state index >= 15 is 0 Å². The monoisotopic (exact) mass is 268 g/mol. The SMILES string of the molecule is C[C@H](OC(N)=O)c1nc(-c2ccnc(Cl)c2)no1. The number of nitrogens with two attached hydrogens (primary N) is 1. The molecule has 0 aliphatic heterocycles. The molecule has 0 saturated heterocycles. The maximum absolute atomic E-state index is 10.6. The number of nitrogens with zero attached hydrogens (tertiary/aromatic N) is 3. The molecule has 0 bridgehead atoms. The van der Waals surface area contributed by atoms with Crippen molar-refractivity contribution in [3.63, 3.8) is 0 Å². The first-order valence-corrected chi connectivity index (χ1v) is 5.35. The smallest absolute Gasteiger partial charge is 0.405 e. The van der Waals surface area contributed by atoms with Crippen LogP contribution in [0, 0.1) is 0 Å². The lowest BCUT2D eigenvalue weighted by Crippen LogP contribution is -2.15. The highest BCUT2D eigenvalue weighted by molar-refractivity contribution is 6.29. The molecule has 2 N–H and O–H groups in total. The van der Waals surface area contributed by atoms with Gasteiger partial charge in [0.15, 0.2) is 6.10 Å². The molecule has 0 aliphatic rings. The van der Waals surface area contributed by atoms with E-state index in [0.717, 1.165) is 0 Å². The molecule has 2 aromatic heterocycles. The molecule has 2 rings (SSSR count). The quantitative estimate of drug-likeness (QED) is 0.853. The van der Waals surface area contributed by atoms with Crippen molar-refractivity contribution in [2.75, 3.05) is 0 Å². The molecule has 0 aromatic carbocycles. The van der Waals surface area contributed by atoms with E-state index in [4.69, 9.17) is 26.6 Å². The minimum atomic E-state index is -0.908.